The summed E-state index contributed by atoms with van der Waals surface area (Å²) in [7, 11) is 10.9. The maximum atomic E-state index is 13.6. The summed E-state index contributed by atoms with van der Waals surface area (Å²) in [5, 5.41) is 14.6. The number of amides is 6. The van der Waals surface area contributed by atoms with Gasteiger partial charge in [-0.05, 0) is 99.7 Å². The van der Waals surface area contributed by atoms with Gasteiger partial charge in [0.1, 0.15) is 6.04 Å². The van der Waals surface area contributed by atoms with Crippen molar-refractivity contribution in [2.45, 2.75) is 63.5 Å². The van der Waals surface area contributed by atoms with E-state index in [-0.39, 0.29) is 54.6 Å². The van der Waals surface area contributed by atoms with Gasteiger partial charge in [0.15, 0.2) is 0 Å². The molecule has 6 amide bonds. The molecule has 0 radical (unpaired) electrons. The fourth-order valence-electron chi connectivity index (χ4n) is 6.00. The average molecular weight is 806 g/mol. The SMILES string of the molecule is CN(C)CC(=O)NCCCCC(NC(=O)CN(C)C)C(=O)NCCCN(CCCNC(=O)[C@H](CCCCNC(=O)CN(C)C)N1CC1)C(=O)c1c[nH]ccc1=S. The first kappa shape index (κ1) is 48.2. The van der Waals surface area contributed by atoms with Crippen molar-refractivity contribution in [3.05, 3.63) is 28.5 Å². The van der Waals surface area contributed by atoms with Crippen molar-refractivity contribution < 1.29 is 28.8 Å². The van der Waals surface area contributed by atoms with Gasteiger partial charge in [0, 0.05) is 64.8 Å². The molecule has 1 unspecified atom stereocenters. The Morgan fingerprint density at radius 2 is 1.18 bits per heavy atom. The van der Waals surface area contributed by atoms with Crippen molar-refractivity contribution in [2.75, 3.05) is 114 Å². The number of unbranched alkanes of at least 4 members (excludes halogenated alkanes) is 2. The second kappa shape index (κ2) is 26.8. The van der Waals surface area contributed by atoms with Gasteiger partial charge in [-0.1, -0.05) is 12.2 Å². The molecule has 56 heavy (non-hydrogen) atoms. The van der Waals surface area contributed by atoms with E-state index in [4.69, 9.17) is 12.2 Å². The second-order valence-corrected chi connectivity index (χ2v) is 15.5. The summed E-state index contributed by atoms with van der Waals surface area (Å²) in [5.74, 6) is -0.937. The van der Waals surface area contributed by atoms with Crippen LogP contribution in [0.2, 0.25) is 0 Å². The number of hydrogen-bond donors (Lipinski definition) is 6. The highest BCUT2D eigenvalue weighted by atomic mass is 32.1. The number of hydrogen-bond acceptors (Lipinski definition) is 11. The lowest BCUT2D eigenvalue weighted by atomic mass is 10.1. The van der Waals surface area contributed by atoms with Crippen molar-refractivity contribution in [3.63, 3.8) is 0 Å². The topological polar surface area (TPSA) is 194 Å². The third kappa shape index (κ3) is 20.8. The first-order valence-electron chi connectivity index (χ1n) is 19.7. The molecule has 1 aliphatic rings. The Morgan fingerprint density at radius 3 is 1.70 bits per heavy atom. The van der Waals surface area contributed by atoms with E-state index in [2.05, 4.69) is 36.5 Å². The zero-order valence-corrected chi connectivity index (χ0v) is 35.2. The molecule has 316 valence electrons. The van der Waals surface area contributed by atoms with Crippen LogP contribution in [0.3, 0.4) is 0 Å². The molecule has 17 nitrogen and oxygen atoms in total. The summed E-state index contributed by atoms with van der Waals surface area (Å²) in [6.07, 6.45) is 8.21. The monoisotopic (exact) mass is 805 g/mol. The molecule has 2 atom stereocenters. The number of H-pyrrole nitrogens is 1. The van der Waals surface area contributed by atoms with Crippen LogP contribution in [0.25, 0.3) is 0 Å². The second-order valence-electron chi connectivity index (χ2n) is 15.1. The maximum absolute atomic E-state index is 13.6. The number of likely N-dealkylation sites (N-methyl/N-ethyl adjacent to an activating group) is 3. The minimum absolute atomic E-state index is 0.0150. The van der Waals surface area contributed by atoms with Gasteiger partial charge in [-0.25, -0.2) is 0 Å². The molecule has 0 aliphatic carbocycles. The molecule has 0 aromatic carbocycles. The standard InChI is InChI=1S/C38H67N11O6S/c1-45(2)26-33(50)40-16-9-7-13-30(44-35(52)28-47(5)6)36(53)42-18-11-21-49(38(55)29-25-39-20-15-32(29)56)22-12-19-43-37(54)31(48-23-24-48)14-8-10-17-41-34(51)27-46(3)4/h15,20,25,30-31H,7-14,16-19,21-24,26-28H2,1-6H3,(H,39,56)(H,40,50)(H,41,51)(H,42,53)(H,43,54)(H,44,52)/t30?,31-/m0/s1. The Bertz CT molecular complexity index is 1450. The fraction of sp³-hybridized carbons (Fsp3) is 0.711. The Morgan fingerprint density at radius 1 is 0.679 bits per heavy atom. The van der Waals surface area contributed by atoms with E-state index in [0.717, 1.165) is 25.9 Å². The summed E-state index contributed by atoms with van der Waals surface area (Å²) in [6.45, 7) is 4.97. The Hall–Kier alpha value is -3.97. The van der Waals surface area contributed by atoms with E-state index < -0.39 is 6.04 Å². The van der Waals surface area contributed by atoms with E-state index in [0.29, 0.717) is 94.4 Å². The number of pyridine rings is 1. The Kier molecular flexibility index (Phi) is 23.1. The summed E-state index contributed by atoms with van der Waals surface area (Å²) in [6, 6.07) is 0.699. The number of carbonyl (C=O) groups excluding carboxylic acids is 6. The van der Waals surface area contributed by atoms with E-state index in [1.165, 1.54) is 0 Å². The van der Waals surface area contributed by atoms with Crippen molar-refractivity contribution in [3.8, 4) is 0 Å². The molecule has 2 rings (SSSR count). The van der Waals surface area contributed by atoms with Crippen LogP contribution in [0, 0.1) is 4.51 Å². The molecule has 1 saturated heterocycles. The summed E-state index contributed by atoms with van der Waals surface area (Å²) in [5.41, 5.74) is 0.372. The van der Waals surface area contributed by atoms with Crippen LogP contribution in [0.4, 0.5) is 0 Å². The largest absolute Gasteiger partial charge is 0.367 e. The third-order valence-electron chi connectivity index (χ3n) is 8.87. The highest BCUT2D eigenvalue weighted by molar-refractivity contribution is 7.71. The summed E-state index contributed by atoms with van der Waals surface area (Å²) in [4.78, 5) is 88.5. The molecular weight excluding hydrogens is 739 g/mol. The van der Waals surface area contributed by atoms with Crippen molar-refractivity contribution in [1.29, 1.82) is 0 Å². The predicted octanol–water partition coefficient (Wildman–Crippen LogP) is -0.374. The van der Waals surface area contributed by atoms with Gasteiger partial charge in [-0.3, -0.25) is 33.7 Å². The number of nitrogens with one attached hydrogen (secondary N) is 6. The first-order valence-corrected chi connectivity index (χ1v) is 20.1. The maximum Gasteiger partial charge on any atom is 0.256 e. The lowest BCUT2D eigenvalue weighted by molar-refractivity contribution is -0.129. The first-order chi connectivity index (χ1) is 26.7. The van der Waals surface area contributed by atoms with Gasteiger partial charge in [0.05, 0.1) is 35.7 Å². The number of aromatic nitrogens is 1. The number of rotatable bonds is 29. The Labute approximate surface area is 338 Å². The fourth-order valence-corrected chi connectivity index (χ4v) is 6.21. The number of carbonyl (C=O) groups is 6. The van der Waals surface area contributed by atoms with E-state index in [1.54, 1.807) is 47.3 Å². The molecule has 1 aromatic rings. The third-order valence-corrected chi connectivity index (χ3v) is 9.23. The molecular formula is C38H67N11O6S. The molecule has 1 aliphatic heterocycles. The van der Waals surface area contributed by atoms with Crippen LogP contribution >= 0.6 is 12.2 Å². The van der Waals surface area contributed by atoms with Crippen LogP contribution in [0.1, 0.15) is 61.7 Å². The summed E-state index contributed by atoms with van der Waals surface area (Å²) >= 11 is 5.43. The number of nitrogens with zero attached hydrogens (tertiary/aromatic N) is 5. The highest BCUT2D eigenvalue weighted by Gasteiger charge is 2.32. The van der Waals surface area contributed by atoms with Gasteiger partial charge in [0.25, 0.3) is 5.91 Å². The molecule has 6 N–H and O–H groups in total. The van der Waals surface area contributed by atoms with Crippen molar-refractivity contribution in [2.24, 2.45) is 0 Å². The van der Waals surface area contributed by atoms with Crippen LogP contribution in [-0.2, 0) is 24.0 Å². The number of aromatic amines is 1. The van der Waals surface area contributed by atoms with Gasteiger partial charge in [-0.2, -0.15) is 0 Å². The minimum atomic E-state index is -0.742. The van der Waals surface area contributed by atoms with Crippen LogP contribution in [0.15, 0.2) is 18.5 Å². The molecule has 0 saturated carbocycles. The average Bonchev–Trinajstić information content (AvgIpc) is 3.96. The highest BCUT2D eigenvalue weighted by Crippen LogP contribution is 2.17. The molecule has 1 fully saturated rings. The lowest BCUT2D eigenvalue weighted by Gasteiger charge is -2.24. The van der Waals surface area contributed by atoms with E-state index in [9.17, 15) is 28.8 Å². The molecule has 0 bridgehead atoms. The minimum Gasteiger partial charge on any atom is -0.367 e. The zero-order valence-electron chi connectivity index (χ0n) is 34.4. The molecule has 0 spiro atoms. The molecule has 2 heterocycles. The normalized spacial score (nSPS) is 13.6. The van der Waals surface area contributed by atoms with Crippen LogP contribution in [0.5, 0.6) is 0 Å². The van der Waals surface area contributed by atoms with Crippen LogP contribution < -0.4 is 26.6 Å². The van der Waals surface area contributed by atoms with Gasteiger partial charge in [-0.15, -0.1) is 0 Å². The van der Waals surface area contributed by atoms with Crippen molar-refractivity contribution in [1.82, 2.24) is 56.1 Å². The summed E-state index contributed by atoms with van der Waals surface area (Å²) < 4.78 is 0.424. The van der Waals surface area contributed by atoms with Gasteiger partial charge >= 0.3 is 0 Å². The quantitative estimate of drug-likeness (QED) is 0.0352. The van der Waals surface area contributed by atoms with Crippen LogP contribution in [-0.4, -0.2) is 191 Å². The van der Waals surface area contributed by atoms with Gasteiger partial charge in [0.2, 0.25) is 29.5 Å². The Balaban J connectivity index is 1.90. The molecule has 18 heteroatoms. The predicted molar refractivity (Wildman–Crippen MR) is 219 cm³/mol. The lowest BCUT2D eigenvalue weighted by Crippen LogP contribution is -2.49. The zero-order chi connectivity index (χ0) is 41.5. The van der Waals surface area contributed by atoms with E-state index >= 15 is 0 Å². The van der Waals surface area contributed by atoms with Gasteiger partial charge < -0.3 is 51.2 Å². The van der Waals surface area contributed by atoms with E-state index in [1.807, 2.05) is 33.1 Å². The van der Waals surface area contributed by atoms with Crippen molar-refractivity contribution >= 4 is 47.7 Å². The smallest absolute Gasteiger partial charge is 0.256 e. The molecule has 1 aromatic heterocycles.